The Bertz CT molecular complexity index is 392. The molecular formula is C22H40O5. The van der Waals surface area contributed by atoms with Crippen molar-refractivity contribution in [2.24, 2.45) is 0 Å². The molecule has 0 aromatic heterocycles. The summed E-state index contributed by atoms with van der Waals surface area (Å²) in [5.74, 6) is -0.664. The molecule has 1 rings (SSSR count). The summed E-state index contributed by atoms with van der Waals surface area (Å²) in [6, 6.07) is 0. The number of aliphatic carboxylic acids is 1. The predicted octanol–water partition coefficient (Wildman–Crippen LogP) is 6.65. The van der Waals surface area contributed by atoms with E-state index in [4.69, 9.17) is 5.11 Å². The Morgan fingerprint density at radius 3 is 1.89 bits per heavy atom. The highest BCUT2D eigenvalue weighted by Crippen LogP contribution is 2.09. The van der Waals surface area contributed by atoms with E-state index in [1.54, 1.807) is 6.92 Å². The first kappa shape index (κ1) is 25.5. The summed E-state index contributed by atoms with van der Waals surface area (Å²) in [5, 5.41) is 8.51. The van der Waals surface area contributed by atoms with Crippen molar-refractivity contribution in [1.29, 1.82) is 0 Å². The van der Waals surface area contributed by atoms with Gasteiger partial charge in [0, 0.05) is 6.42 Å². The van der Waals surface area contributed by atoms with Crippen LogP contribution >= 0.6 is 0 Å². The van der Waals surface area contributed by atoms with E-state index in [-0.39, 0.29) is 6.10 Å². The summed E-state index contributed by atoms with van der Waals surface area (Å²) in [4.78, 5) is 20.3. The van der Waals surface area contributed by atoms with Crippen molar-refractivity contribution in [2.75, 3.05) is 6.61 Å². The number of unbranched alkanes of at least 4 members (excludes halogenated alkanes) is 11. The quantitative estimate of drug-likeness (QED) is 0.194. The van der Waals surface area contributed by atoms with Gasteiger partial charge in [-0.25, -0.2) is 4.79 Å². The molecule has 27 heavy (non-hydrogen) atoms. The molecule has 0 amide bonds. The monoisotopic (exact) mass is 384 g/mol. The summed E-state index contributed by atoms with van der Waals surface area (Å²) in [5.41, 5.74) is 0. The summed E-state index contributed by atoms with van der Waals surface area (Å²) in [6.45, 7) is 4.44. The second-order valence-electron chi connectivity index (χ2n) is 7.22. The normalized spacial score (nSPS) is 15.9. The van der Waals surface area contributed by atoms with Crippen LogP contribution in [0.15, 0.2) is 12.2 Å². The van der Waals surface area contributed by atoms with Crippen LogP contribution in [0.1, 0.15) is 104 Å². The molecule has 0 aromatic carbocycles. The molecule has 0 radical (unpaired) electrons. The zero-order valence-electron chi connectivity index (χ0n) is 17.4. The molecule has 1 atom stereocenters. The number of ether oxygens (including phenoxy) is 2. The van der Waals surface area contributed by atoms with Crippen molar-refractivity contribution in [1.82, 2.24) is 0 Å². The van der Waals surface area contributed by atoms with Crippen molar-refractivity contribution >= 4 is 12.1 Å². The van der Waals surface area contributed by atoms with Gasteiger partial charge >= 0.3 is 12.1 Å². The number of carboxylic acids is 1. The lowest BCUT2D eigenvalue weighted by Crippen LogP contribution is -2.01. The third-order valence-corrected chi connectivity index (χ3v) is 4.39. The molecule has 0 saturated carbocycles. The van der Waals surface area contributed by atoms with Gasteiger partial charge in [0.2, 0.25) is 0 Å². The smallest absolute Gasteiger partial charge is 0.481 e. The van der Waals surface area contributed by atoms with E-state index in [2.05, 4.69) is 28.5 Å². The van der Waals surface area contributed by atoms with Gasteiger partial charge in [-0.05, 0) is 39.0 Å². The number of hydrogen-bond donors (Lipinski definition) is 1. The van der Waals surface area contributed by atoms with Gasteiger partial charge in [-0.1, -0.05) is 70.4 Å². The SMILES string of the molecule is CC1COC(=O)O1.CCCCCCCC/C=C\CCCCCCCC(=O)O. The van der Waals surface area contributed by atoms with E-state index in [1.807, 2.05) is 0 Å². The van der Waals surface area contributed by atoms with E-state index >= 15 is 0 Å². The first-order valence-electron chi connectivity index (χ1n) is 10.8. The van der Waals surface area contributed by atoms with E-state index in [0.29, 0.717) is 13.0 Å². The topological polar surface area (TPSA) is 72.8 Å². The van der Waals surface area contributed by atoms with Crippen LogP contribution in [0.25, 0.3) is 0 Å². The molecule has 0 bridgehead atoms. The second kappa shape index (κ2) is 19.2. The molecule has 0 aliphatic carbocycles. The minimum atomic E-state index is -0.664. The number of carbonyl (C=O) groups is 2. The van der Waals surface area contributed by atoms with Gasteiger partial charge in [0.1, 0.15) is 12.7 Å². The third-order valence-electron chi connectivity index (χ3n) is 4.39. The lowest BCUT2D eigenvalue weighted by Gasteiger charge is -1.99. The Morgan fingerprint density at radius 2 is 1.48 bits per heavy atom. The maximum Gasteiger partial charge on any atom is 0.508 e. The minimum absolute atomic E-state index is 0.0486. The zero-order chi connectivity index (χ0) is 20.2. The molecular weight excluding hydrogens is 344 g/mol. The number of rotatable bonds is 15. The Hall–Kier alpha value is -1.52. The summed E-state index contributed by atoms with van der Waals surface area (Å²) < 4.78 is 8.90. The summed E-state index contributed by atoms with van der Waals surface area (Å²) in [7, 11) is 0. The number of cyclic esters (lactones) is 2. The average molecular weight is 385 g/mol. The molecule has 1 heterocycles. The van der Waals surface area contributed by atoms with Crippen LogP contribution < -0.4 is 0 Å². The summed E-state index contributed by atoms with van der Waals surface area (Å²) >= 11 is 0. The number of allylic oxidation sites excluding steroid dienone is 2. The van der Waals surface area contributed by atoms with Crippen molar-refractivity contribution in [3.63, 3.8) is 0 Å². The van der Waals surface area contributed by atoms with Gasteiger partial charge in [-0.15, -0.1) is 0 Å². The number of carboxylic acid groups (broad SMARTS) is 1. The number of hydrogen-bond acceptors (Lipinski definition) is 4. The van der Waals surface area contributed by atoms with Crippen LogP contribution in [0.4, 0.5) is 4.79 Å². The highest BCUT2D eigenvalue weighted by Gasteiger charge is 2.19. The summed E-state index contributed by atoms with van der Waals surface area (Å²) in [6.07, 6.45) is 20.6. The van der Waals surface area contributed by atoms with E-state index in [0.717, 1.165) is 12.8 Å². The van der Waals surface area contributed by atoms with Crippen LogP contribution in [0, 0.1) is 0 Å². The van der Waals surface area contributed by atoms with Gasteiger partial charge in [-0.3, -0.25) is 4.79 Å². The molecule has 0 aromatic rings. The molecule has 1 saturated heterocycles. The Kier molecular flexibility index (Phi) is 18.2. The van der Waals surface area contributed by atoms with Crippen molar-refractivity contribution in [2.45, 2.75) is 110 Å². The van der Waals surface area contributed by atoms with Gasteiger partial charge in [0.15, 0.2) is 0 Å². The van der Waals surface area contributed by atoms with Crippen molar-refractivity contribution in [3.05, 3.63) is 12.2 Å². The molecule has 158 valence electrons. The Labute approximate surface area is 165 Å². The van der Waals surface area contributed by atoms with Gasteiger partial charge in [0.05, 0.1) is 0 Å². The van der Waals surface area contributed by atoms with Crippen LogP contribution in [-0.4, -0.2) is 29.9 Å². The lowest BCUT2D eigenvalue weighted by molar-refractivity contribution is -0.137. The first-order chi connectivity index (χ1) is 13.1. The molecule has 1 fully saturated rings. The molecule has 1 aliphatic heterocycles. The molecule has 1 aliphatic rings. The van der Waals surface area contributed by atoms with Gasteiger partial charge in [0.25, 0.3) is 0 Å². The van der Waals surface area contributed by atoms with Crippen LogP contribution in [-0.2, 0) is 14.3 Å². The minimum Gasteiger partial charge on any atom is -0.481 e. The van der Waals surface area contributed by atoms with Crippen LogP contribution in [0.3, 0.4) is 0 Å². The predicted molar refractivity (Wildman–Crippen MR) is 109 cm³/mol. The average Bonchev–Trinajstić information content (AvgIpc) is 3.01. The fourth-order valence-corrected chi connectivity index (χ4v) is 2.76. The molecule has 0 spiro atoms. The molecule has 5 nitrogen and oxygen atoms in total. The standard InChI is InChI=1S/C18H34O2.C4H6O3/c1-2-3-4-5-6-7-8-9-10-11-12-13-14-15-16-17-18(19)20;1-3-2-6-4(5)7-3/h9-10H,2-8,11-17H2,1H3,(H,19,20);3H,2H2,1H3/b10-9-;. The van der Waals surface area contributed by atoms with Crippen molar-refractivity contribution in [3.8, 4) is 0 Å². The Morgan fingerprint density at radius 1 is 0.963 bits per heavy atom. The van der Waals surface area contributed by atoms with Crippen LogP contribution in [0.5, 0.6) is 0 Å². The van der Waals surface area contributed by atoms with Gasteiger partial charge in [-0.2, -0.15) is 0 Å². The van der Waals surface area contributed by atoms with E-state index < -0.39 is 12.1 Å². The number of carbonyl (C=O) groups excluding carboxylic acids is 1. The maximum atomic E-state index is 10.3. The Balaban J connectivity index is 0.000000797. The fraction of sp³-hybridized carbons (Fsp3) is 0.818. The van der Waals surface area contributed by atoms with Crippen molar-refractivity contribution < 1.29 is 24.2 Å². The maximum absolute atomic E-state index is 10.3. The fourth-order valence-electron chi connectivity index (χ4n) is 2.76. The largest absolute Gasteiger partial charge is 0.508 e. The third kappa shape index (κ3) is 20.6. The molecule has 5 heteroatoms. The second-order valence-corrected chi connectivity index (χ2v) is 7.22. The molecule has 1 unspecified atom stereocenters. The highest BCUT2D eigenvalue weighted by atomic mass is 16.8. The van der Waals surface area contributed by atoms with E-state index in [9.17, 15) is 9.59 Å². The molecule has 1 N–H and O–H groups in total. The first-order valence-corrected chi connectivity index (χ1v) is 10.8. The highest BCUT2D eigenvalue weighted by molar-refractivity contribution is 5.66. The lowest BCUT2D eigenvalue weighted by atomic mass is 10.1. The van der Waals surface area contributed by atoms with E-state index in [1.165, 1.54) is 70.6 Å². The zero-order valence-corrected chi connectivity index (χ0v) is 17.4. The van der Waals surface area contributed by atoms with Gasteiger partial charge < -0.3 is 14.6 Å². The van der Waals surface area contributed by atoms with Crippen LogP contribution in [0.2, 0.25) is 0 Å².